The summed E-state index contributed by atoms with van der Waals surface area (Å²) in [5.74, 6) is 1.81. The molecule has 2 N–H and O–H groups in total. The van der Waals surface area contributed by atoms with E-state index in [1.54, 1.807) is 0 Å². The van der Waals surface area contributed by atoms with Crippen molar-refractivity contribution >= 4 is 27.5 Å². The highest BCUT2D eigenvalue weighted by molar-refractivity contribution is 7.93. The number of anilines is 1. The van der Waals surface area contributed by atoms with E-state index >= 15 is 0 Å². The maximum atomic E-state index is 14.2. The highest BCUT2D eigenvalue weighted by atomic mass is 32.2. The van der Waals surface area contributed by atoms with Crippen molar-refractivity contribution in [3.05, 3.63) is 77.4 Å². The predicted molar refractivity (Wildman–Crippen MR) is 110 cm³/mol. The van der Waals surface area contributed by atoms with Gasteiger partial charge >= 0.3 is 5.97 Å². The van der Waals surface area contributed by atoms with E-state index in [1.807, 2.05) is 0 Å². The highest BCUT2D eigenvalue weighted by Crippen LogP contribution is 2.34. The van der Waals surface area contributed by atoms with Crippen molar-refractivity contribution in [2.45, 2.75) is 18.1 Å². The monoisotopic (exact) mass is 450 g/mol. The van der Waals surface area contributed by atoms with E-state index in [2.05, 4.69) is 11.3 Å². The molecule has 0 radical (unpaired) electrons. The van der Waals surface area contributed by atoms with E-state index in [9.17, 15) is 26.8 Å². The first-order valence-corrected chi connectivity index (χ1v) is 10.7. The Balaban J connectivity index is 1.92. The second-order valence-electron chi connectivity index (χ2n) is 7.03. The van der Waals surface area contributed by atoms with Crippen LogP contribution in [0, 0.1) is 17.6 Å². The van der Waals surface area contributed by atoms with Gasteiger partial charge in [0.25, 0.3) is 10.0 Å². The molecular formula is C21H20F2N2O5S. The zero-order valence-corrected chi connectivity index (χ0v) is 17.4. The SMILES string of the molecule is C=CC(c1ccc(C(=O)C2CC2)cc1)S(=O)(=O)N(N)c1cc(F)c(C(=O)OC)c(F)c1. The molecule has 1 fully saturated rings. The van der Waals surface area contributed by atoms with Crippen LogP contribution >= 0.6 is 0 Å². The molecule has 1 saturated carbocycles. The Hall–Kier alpha value is -3.11. The molecule has 2 aromatic rings. The summed E-state index contributed by atoms with van der Waals surface area (Å²) in [6, 6.07) is 7.21. The lowest BCUT2D eigenvalue weighted by Gasteiger charge is -2.24. The molecule has 1 unspecified atom stereocenters. The second kappa shape index (κ2) is 8.56. The minimum Gasteiger partial charge on any atom is -0.465 e. The second-order valence-corrected chi connectivity index (χ2v) is 8.96. The number of hydrazine groups is 1. The number of nitrogens with zero attached hydrogens (tertiary/aromatic N) is 1. The number of sulfonamides is 1. The van der Waals surface area contributed by atoms with E-state index in [4.69, 9.17) is 5.84 Å². The number of nitrogens with two attached hydrogens (primary N) is 1. The summed E-state index contributed by atoms with van der Waals surface area (Å²) >= 11 is 0. The van der Waals surface area contributed by atoms with Gasteiger partial charge in [-0.2, -0.15) is 0 Å². The molecular weight excluding hydrogens is 430 g/mol. The third-order valence-electron chi connectivity index (χ3n) is 4.95. The number of carbonyl (C=O) groups excluding carboxylic acids is 2. The molecule has 0 spiro atoms. The molecule has 1 aliphatic carbocycles. The summed E-state index contributed by atoms with van der Waals surface area (Å²) in [4.78, 5) is 23.6. The number of carbonyl (C=O) groups is 2. The number of Topliss-reactive ketones (excluding diaryl/α,β-unsaturated/α-hetero) is 1. The molecule has 1 aliphatic rings. The van der Waals surface area contributed by atoms with Gasteiger partial charge in [0.15, 0.2) is 5.78 Å². The van der Waals surface area contributed by atoms with E-state index in [-0.39, 0.29) is 21.7 Å². The molecule has 0 aromatic heterocycles. The van der Waals surface area contributed by atoms with Gasteiger partial charge in [0.2, 0.25) is 0 Å². The van der Waals surface area contributed by atoms with E-state index in [1.165, 1.54) is 24.3 Å². The number of ether oxygens (including phenoxy) is 1. The lowest BCUT2D eigenvalue weighted by Crippen LogP contribution is -2.40. The normalized spacial score (nSPS) is 14.6. The summed E-state index contributed by atoms with van der Waals surface area (Å²) in [5.41, 5.74) is -0.758. The summed E-state index contributed by atoms with van der Waals surface area (Å²) in [6.07, 6.45) is 2.80. The maximum absolute atomic E-state index is 14.2. The fourth-order valence-corrected chi connectivity index (χ4v) is 4.49. The summed E-state index contributed by atoms with van der Waals surface area (Å²) in [7, 11) is -3.46. The number of hydrogen-bond acceptors (Lipinski definition) is 6. The topological polar surface area (TPSA) is 107 Å². The van der Waals surface area contributed by atoms with Gasteiger partial charge in [0, 0.05) is 23.6 Å². The van der Waals surface area contributed by atoms with E-state index < -0.39 is 44.1 Å². The van der Waals surface area contributed by atoms with Crippen LogP contribution in [-0.4, -0.2) is 27.3 Å². The molecule has 0 aliphatic heterocycles. The Labute approximate surface area is 178 Å². The third kappa shape index (κ3) is 4.35. The molecule has 0 heterocycles. The number of halogens is 2. The average molecular weight is 450 g/mol. The van der Waals surface area contributed by atoms with Crippen molar-refractivity contribution in [2.24, 2.45) is 11.8 Å². The molecule has 0 saturated heterocycles. The molecule has 164 valence electrons. The van der Waals surface area contributed by atoms with Crippen LogP contribution in [0.3, 0.4) is 0 Å². The summed E-state index contributed by atoms with van der Waals surface area (Å²) in [6.45, 7) is 3.52. The Morgan fingerprint density at radius 3 is 2.19 bits per heavy atom. The van der Waals surface area contributed by atoms with Crippen molar-refractivity contribution in [3.63, 3.8) is 0 Å². The first-order valence-electron chi connectivity index (χ1n) is 9.24. The smallest absolute Gasteiger partial charge is 0.343 e. The lowest BCUT2D eigenvalue weighted by molar-refractivity contribution is 0.0589. The van der Waals surface area contributed by atoms with Crippen molar-refractivity contribution in [1.82, 2.24) is 0 Å². The zero-order chi connectivity index (χ0) is 22.9. The van der Waals surface area contributed by atoms with Gasteiger partial charge in [0.05, 0.1) is 12.8 Å². The fourth-order valence-electron chi connectivity index (χ4n) is 3.10. The van der Waals surface area contributed by atoms with Gasteiger partial charge in [-0.3, -0.25) is 4.79 Å². The predicted octanol–water partition coefficient (Wildman–Crippen LogP) is 3.28. The van der Waals surface area contributed by atoms with Gasteiger partial charge in [-0.1, -0.05) is 30.3 Å². The average Bonchev–Trinajstić information content (AvgIpc) is 3.58. The lowest BCUT2D eigenvalue weighted by atomic mass is 10.0. The van der Waals surface area contributed by atoms with Crippen molar-refractivity contribution in [1.29, 1.82) is 0 Å². The molecule has 3 rings (SSSR count). The van der Waals surface area contributed by atoms with Gasteiger partial charge < -0.3 is 4.74 Å². The van der Waals surface area contributed by atoms with E-state index in [0.29, 0.717) is 17.7 Å². The zero-order valence-electron chi connectivity index (χ0n) is 16.5. The van der Waals surface area contributed by atoms with Crippen molar-refractivity contribution < 1.29 is 31.5 Å². The third-order valence-corrected chi connectivity index (χ3v) is 6.82. The molecule has 31 heavy (non-hydrogen) atoms. The number of benzene rings is 2. The van der Waals surface area contributed by atoms with Crippen LogP contribution in [0.4, 0.5) is 14.5 Å². The molecule has 0 amide bonds. The quantitative estimate of drug-likeness (QED) is 0.217. The van der Waals surface area contributed by atoms with Crippen LogP contribution < -0.4 is 10.3 Å². The molecule has 10 heteroatoms. The Morgan fingerprint density at radius 1 is 1.19 bits per heavy atom. The number of methoxy groups -OCH3 is 1. The van der Waals surface area contributed by atoms with Crippen LogP contribution in [0.2, 0.25) is 0 Å². The first-order chi connectivity index (χ1) is 14.6. The molecule has 1 atom stereocenters. The molecule has 2 aromatic carbocycles. The standard InChI is InChI=1S/C21H20F2N2O5S/c1-3-18(12-4-6-13(7-5-12)20(26)14-8-9-14)31(28,29)25(24)15-10-16(22)19(17(23)11-15)21(27)30-2/h3-7,10-11,14,18H,1,8-9,24H2,2H3. The number of rotatable bonds is 8. The minimum atomic E-state index is -4.41. The molecule has 7 nitrogen and oxygen atoms in total. The first kappa shape index (κ1) is 22.6. The summed E-state index contributed by atoms with van der Waals surface area (Å²) < 4.78 is 59.0. The fraction of sp³-hybridized carbons (Fsp3) is 0.238. The van der Waals surface area contributed by atoms with Crippen LogP contribution in [0.25, 0.3) is 0 Å². The Kier molecular flexibility index (Phi) is 6.23. The van der Waals surface area contributed by atoms with Crippen LogP contribution in [-0.2, 0) is 14.8 Å². The number of esters is 1. The van der Waals surface area contributed by atoms with Crippen LogP contribution in [0.15, 0.2) is 49.1 Å². The highest BCUT2D eigenvalue weighted by Gasteiger charge is 2.33. The number of ketones is 1. The van der Waals surface area contributed by atoms with Gasteiger partial charge in [-0.15, -0.1) is 6.58 Å². The van der Waals surface area contributed by atoms with Crippen LogP contribution in [0.1, 0.15) is 44.4 Å². The molecule has 0 bridgehead atoms. The van der Waals surface area contributed by atoms with Crippen molar-refractivity contribution in [3.8, 4) is 0 Å². The summed E-state index contributed by atoms with van der Waals surface area (Å²) in [5, 5.41) is -1.35. The van der Waals surface area contributed by atoms with E-state index in [0.717, 1.165) is 26.0 Å². The van der Waals surface area contributed by atoms with Gasteiger partial charge in [-0.25, -0.2) is 32.3 Å². The minimum absolute atomic E-state index is 0.00153. The van der Waals surface area contributed by atoms with Gasteiger partial charge in [0.1, 0.15) is 22.4 Å². The maximum Gasteiger partial charge on any atom is 0.343 e. The van der Waals surface area contributed by atoms with Crippen LogP contribution in [0.5, 0.6) is 0 Å². The van der Waals surface area contributed by atoms with Gasteiger partial charge in [-0.05, 0) is 18.4 Å². The largest absolute Gasteiger partial charge is 0.465 e. The Morgan fingerprint density at radius 2 is 1.74 bits per heavy atom. The Bertz CT molecular complexity index is 1120. The number of hydrogen-bond donors (Lipinski definition) is 1. The van der Waals surface area contributed by atoms with Crippen molar-refractivity contribution in [2.75, 3.05) is 11.5 Å².